The maximum atomic E-state index is 12.7. The van der Waals surface area contributed by atoms with Crippen molar-refractivity contribution < 1.29 is 14.3 Å². The number of benzene rings is 1. The van der Waals surface area contributed by atoms with E-state index >= 15 is 0 Å². The lowest BCUT2D eigenvalue weighted by Gasteiger charge is -2.35. The van der Waals surface area contributed by atoms with Gasteiger partial charge in [0, 0.05) is 44.1 Å². The predicted molar refractivity (Wildman–Crippen MR) is 103 cm³/mol. The fraction of sp³-hybridized carbons (Fsp3) is 0.381. The minimum absolute atomic E-state index is 0.0138. The summed E-state index contributed by atoms with van der Waals surface area (Å²) in [5.41, 5.74) is 2.25. The molecule has 6 nitrogen and oxygen atoms in total. The molecule has 0 atom stereocenters. The second-order valence-electron chi connectivity index (χ2n) is 7.57. The quantitative estimate of drug-likeness (QED) is 0.816. The first-order chi connectivity index (χ1) is 12.8. The van der Waals surface area contributed by atoms with Crippen LogP contribution in [-0.2, 0) is 4.74 Å². The highest BCUT2D eigenvalue weighted by molar-refractivity contribution is 5.94. The Morgan fingerprint density at radius 1 is 0.852 bits per heavy atom. The van der Waals surface area contributed by atoms with Gasteiger partial charge in [-0.3, -0.25) is 9.78 Å². The Labute approximate surface area is 159 Å². The first-order valence-electron chi connectivity index (χ1n) is 9.11. The molecule has 1 aliphatic rings. The Bertz CT molecular complexity index is 790. The van der Waals surface area contributed by atoms with Crippen molar-refractivity contribution in [1.82, 2.24) is 14.8 Å². The van der Waals surface area contributed by atoms with Crippen molar-refractivity contribution in [3.05, 3.63) is 54.4 Å². The van der Waals surface area contributed by atoms with Crippen molar-refractivity contribution in [2.24, 2.45) is 0 Å². The van der Waals surface area contributed by atoms with E-state index in [9.17, 15) is 9.59 Å². The van der Waals surface area contributed by atoms with Crippen LogP contribution in [0, 0.1) is 0 Å². The molecule has 0 bridgehead atoms. The number of ether oxygens (including phenoxy) is 1. The summed E-state index contributed by atoms with van der Waals surface area (Å²) >= 11 is 0. The Hall–Kier alpha value is -2.89. The molecule has 0 spiro atoms. The number of aromatic nitrogens is 1. The number of piperazine rings is 1. The molecule has 27 heavy (non-hydrogen) atoms. The Kier molecular flexibility index (Phi) is 5.44. The van der Waals surface area contributed by atoms with E-state index < -0.39 is 5.60 Å². The van der Waals surface area contributed by atoms with E-state index in [-0.39, 0.29) is 12.0 Å². The lowest BCUT2D eigenvalue weighted by molar-refractivity contribution is 0.0141. The van der Waals surface area contributed by atoms with Gasteiger partial charge in [0.05, 0.1) is 0 Å². The second kappa shape index (κ2) is 7.78. The molecule has 2 amide bonds. The van der Waals surface area contributed by atoms with Crippen LogP contribution in [0.1, 0.15) is 31.1 Å². The van der Waals surface area contributed by atoms with Crippen LogP contribution in [0.15, 0.2) is 48.8 Å². The molecule has 3 rings (SSSR count). The Morgan fingerprint density at radius 2 is 1.37 bits per heavy atom. The van der Waals surface area contributed by atoms with Gasteiger partial charge in [0.25, 0.3) is 5.91 Å². The maximum absolute atomic E-state index is 12.7. The zero-order valence-corrected chi connectivity index (χ0v) is 16.0. The fourth-order valence-electron chi connectivity index (χ4n) is 2.95. The van der Waals surface area contributed by atoms with Gasteiger partial charge in [-0.2, -0.15) is 0 Å². The molecule has 0 radical (unpaired) electrons. The van der Waals surface area contributed by atoms with E-state index in [1.165, 1.54) is 0 Å². The minimum atomic E-state index is -0.513. The number of rotatable bonds is 2. The van der Waals surface area contributed by atoms with Gasteiger partial charge in [-0.1, -0.05) is 12.1 Å². The van der Waals surface area contributed by atoms with Crippen LogP contribution >= 0.6 is 0 Å². The van der Waals surface area contributed by atoms with E-state index in [1.807, 2.05) is 57.2 Å². The molecule has 0 N–H and O–H groups in total. The van der Waals surface area contributed by atoms with Crippen molar-refractivity contribution in [2.75, 3.05) is 26.2 Å². The number of nitrogens with zero attached hydrogens (tertiary/aromatic N) is 3. The van der Waals surface area contributed by atoms with Crippen LogP contribution in [0.3, 0.4) is 0 Å². The van der Waals surface area contributed by atoms with Gasteiger partial charge in [0.15, 0.2) is 0 Å². The largest absolute Gasteiger partial charge is 0.444 e. The second-order valence-corrected chi connectivity index (χ2v) is 7.57. The lowest BCUT2D eigenvalue weighted by Crippen LogP contribution is -2.51. The molecule has 2 aromatic rings. The molecule has 0 aliphatic carbocycles. The molecule has 6 heteroatoms. The summed E-state index contributed by atoms with van der Waals surface area (Å²) in [5.74, 6) is -0.0138. The van der Waals surface area contributed by atoms with E-state index in [1.54, 1.807) is 22.2 Å². The number of hydrogen-bond acceptors (Lipinski definition) is 4. The van der Waals surface area contributed by atoms with Crippen LogP contribution in [0.5, 0.6) is 0 Å². The van der Waals surface area contributed by atoms with Crippen LogP contribution in [0.25, 0.3) is 11.1 Å². The van der Waals surface area contributed by atoms with Gasteiger partial charge in [0.1, 0.15) is 5.60 Å². The number of carbonyl (C=O) groups excluding carboxylic acids is 2. The van der Waals surface area contributed by atoms with Gasteiger partial charge < -0.3 is 14.5 Å². The van der Waals surface area contributed by atoms with E-state index in [4.69, 9.17) is 4.74 Å². The molecule has 2 heterocycles. The van der Waals surface area contributed by atoms with Crippen LogP contribution in [0.4, 0.5) is 4.79 Å². The van der Waals surface area contributed by atoms with Crippen LogP contribution in [-0.4, -0.2) is 58.6 Å². The number of amides is 2. The first kappa shape index (κ1) is 18.9. The molecule has 1 fully saturated rings. The summed E-state index contributed by atoms with van der Waals surface area (Å²) in [6.45, 7) is 7.51. The molecule has 1 aliphatic heterocycles. The molecule has 142 valence electrons. The molecule has 1 saturated heterocycles. The average Bonchev–Trinajstić information content (AvgIpc) is 2.67. The third-order valence-corrected chi connectivity index (χ3v) is 4.36. The van der Waals surface area contributed by atoms with Gasteiger partial charge >= 0.3 is 6.09 Å². The van der Waals surface area contributed by atoms with Crippen molar-refractivity contribution in [3.8, 4) is 11.1 Å². The third-order valence-electron chi connectivity index (χ3n) is 4.36. The number of pyridine rings is 1. The maximum Gasteiger partial charge on any atom is 0.410 e. The highest BCUT2D eigenvalue weighted by Crippen LogP contribution is 2.20. The first-order valence-corrected chi connectivity index (χ1v) is 9.11. The van der Waals surface area contributed by atoms with E-state index in [2.05, 4.69) is 4.98 Å². The van der Waals surface area contributed by atoms with Crippen molar-refractivity contribution in [2.45, 2.75) is 26.4 Å². The molecule has 1 aromatic heterocycles. The Morgan fingerprint density at radius 3 is 1.93 bits per heavy atom. The lowest BCUT2D eigenvalue weighted by atomic mass is 10.0. The van der Waals surface area contributed by atoms with Crippen molar-refractivity contribution >= 4 is 12.0 Å². The van der Waals surface area contributed by atoms with Gasteiger partial charge in [0.2, 0.25) is 0 Å². The minimum Gasteiger partial charge on any atom is -0.444 e. The van der Waals surface area contributed by atoms with E-state index in [0.29, 0.717) is 31.7 Å². The summed E-state index contributed by atoms with van der Waals surface area (Å²) in [6, 6.07) is 11.5. The zero-order chi connectivity index (χ0) is 19.4. The van der Waals surface area contributed by atoms with Crippen molar-refractivity contribution in [1.29, 1.82) is 0 Å². The van der Waals surface area contributed by atoms with Crippen LogP contribution < -0.4 is 0 Å². The monoisotopic (exact) mass is 367 g/mol. The van der Waals surface area contributed by atoms with Crippen molar-refractivity contribution in [3.63, 3.8) is 0 Å². The van der Waals surface area contributed by atoms with Gasteiger partial charge in [-0.25, -0.2) is 4.79 Å². The molecule has 1 aromatic carbocycles. The molecular weight excluding hydrogens is 342 g/mol. The summed E-state index contributed by atoms with van der Waals surface area (Å²) in [4.78, 5) is 32.3. The number of hydrogen-bond donors (Lipinski definition) is 0. The van der Waals surface area contributed by atoms with Gasteiger partial charge in [-0.05, 0) is 56.2 Å². The summed E-state index contributed by atoms with van der Waals surface area (Å²) in [7, 11) is 0. The highest BCUT2D eigenvalue weighted by Gasteiger charge is 2.28. The third kappa shape index (κ3) is 4.84. The summed E-state index contributed by atoms with van der Waals surface area (Å²) in [6.07, 6.45) is 3.17. The topological polar surface area (TPSA) is 62.7 Å². The SMILES string of the molecule is CC(C)(C)OC(=O)N1CCN(C(=O)c2ccc(-c3ccncc3)cc2)CC1. The van der Waals surface area contributed by atoms with Gasteiger partial charge in [-0.15, -0.1) is 0 Å². The number of carbonyl (C=O) groups is 2. The zero-order valence-electron chi connectivity index (χ0n) is 16.0. The average molecular weight is 367 g/mol. The molecule has 0 saturated carbocycles. The predicted octanol–water partition coefficient (Wildman–Crippen LogP) is 3.44. The standard InChI is InChI=1S/C21H25N3O3/c1-21(2,3)27-20(26)24-14-12-23(13-15-24)19(25)18-6-4-16(5-7-18)17-8-10-22-11-9-17/h4-11H,12-15H2,1-3H3. The molecule has 0 unspecified atom stereocenters. The van der Waals surface area contributed by atoms with Crippen LogP contribution in [0.2, 0.25) is 0 Å². The summed E-state index contributed by atoms with van der Waals surface area (Å²) in [5, 5.41) is 0. The van der Waals surface area contributed by atoms with E-state index in [0.717, 1.165) is 11.1 Å². The normalized spacial score (nSPS) is 14.8. The Balaban J connectivity index is 1.59. The summed E-state index contributed by atoms with van der Waals surface area (Å²) < 4.78 is 5.39. The fourth-order valence-corrected chi connectivity index (χ4v) is 2.95. The highest BCUT2D eigenvalue weighted by atomic mass is 16.6. The molecular formula is C21H25N3O3. The smallest absolute Gasteiger partial charge is 0.410 e.